The van der Waals surface area contributed by atoms with Crippen LogP contribution in [0.4, 0.5) is 0 Å². The molecule has 1 unspecified atom stereocenters. The van der Waals surface area contributed by atoms with E-state index in [1.54, 1.807) is 20.3 Å². The molecule has 0 aliphatic carbocycles. The van der Waals surface area contributed by atoms with Crippen molar-refractivity contribution in [2.45, 2.75) is 12.3 Å². The van der Waals surface area contributed by atoms with E-state index in [1.165, 1.54) is 0 Å². The highest BCUT2D eigenvalue weighted by Gasteiger charge is 2.13. The average Bonchev–Trinajstić information content (AvgIpc) is 2.65. The Morgan fingerprint density at radius 3 is 1.96 bits per heavy atom. The minimum absolute atomic E-state index is 0.366. The zero-order valence-electron chi connectivity index (χ0n) is 13.7. The molecule has 0 amide bonds. The number of rotatable bonds is 6. The van der Waals surface area contributed by atoms with E-state index in [4.69, 9.17) is 9.47 Å². The summed E-state index contributed by atoms with van der Waals surface area (Å²) in [5, 5.41) is 18.8. The van der Waals surface area contributed by atoms with Gasteiger partial charge >= 0.3 is 0 Å². The minimum Gasteiger partial charge on any atom is -0.497 e. The van der Waals surface area contributed by atoms with Gasteiger partial charge in [0.25, 0.3) is 0 Å². The van der Waals surface area contributed by atoms with Crippen molar-refractivity contribution in [2.24, 2.45) is 0 Å². The van der Waals surface area contributed by atoms with Gasteiger partial charge in [0.2, 0.25) is 0 Å². The molecule has 24 heavy (non-hydrogen) atoms. The van der Waals surface area contributed by atoms with Gasteiger partial charge in [-0.2, -0.15) is 10.5 Å². The molecule has 0 saturated heterocycles. The van der Waals surface area contributed by atoms with E-state index in [-0.39, 0.29) is 5.92 Å². The summed E-state index contributed by atoms with van der Waals surface area (Å²) in [6.45, 7) is 0. The first kappa shape index (κ1) is 17.1. The zero-order chi connectivity index (χ0) is 17.4. The number of hydrogen-bond acceptors (Lipinski definition) is 4. The summed E-state index contributed by atoms with van der Waals surface area (Å²) in [5.74, 6) is 1.13. The second kappa shape index (κ2) is 8.41. The number of methoxy groups -OCH3 is 2. The molecule has 0 radical (unpaired) electrons. The average molecular weight is 318 g/mol. The van der Waals surface area contributed by atoms with Crippen molar-refractivity contribution >= 4 is 6.08 Å². The van der Waals surface area contributed by atoms with Crippen LogP contribution < -0.4 is 9.47 Å². The molecule has 4 heteroatoms. The van der Waals surface area contributed by atoms with E-state index in [1.807, 2.05) is 48.5 Å². The summed E-state index contributed by atoms with van der Waals surface area (Å²) in [7, 11) is 3.21. The molecular weight excluding hydrogens is 300 g/mol. The van der Waals surface area contributed by atoms with Crippen LogP contribution in [0.5, 0.6) is 11.5 Å². The normalized spacial score (nSPS) is 11.9. The van der Waals surface area contributed by atoms with E-state index in [0.717, 1.165) is 22.6 Å². The van der Waals surface area contributed by atoms with Crippen molar-refractivity contribution in [3.63, 3.8) is 0 Å². The van der Waals surface area contributed by atoms with Gasteiger partial charge in [-0.1, -0.05) is 24.3 Å². The summed E-state index contributed by atoms with van der Waals surface area (Å²) in [5.41, 5.74) is 2.33. The number of hydrogen-bond donors (Lipinski definition) is 0. The molecule has 0 aromatic heterocycles. The monoisotopic (exact) mass is 318 g/mol. The van der Waals surface area contributed by atoms with E-state index < -0.39 is 0 Å². The van der Waals surface area contributed by atoms with Crippen LogP contribution >= 0.6 is 0 Å². The third-order valence-electron chi connectivity index (χ3n) is 3.70. The SMILES string of the molecule is COc1ccc(C=C(C#N)CC(C#N)c2ccc(OC)cc2)cc1. The van der Waals surface area contributed by atoms with Crippen LogP contribution in [0, 0.1) is 22.7 Å². The molecule has 0 heterocycles. The Bertz CT molecular complexity index is 778. The first-order valence-corrected chi connectivity index (χ1v) is 7.48. The van der Waals surface area contributed by atoms with Gasteiger partial charge in [0.05, 0.1) is 32.3 Å². The highest BCUT2D eigenvalue weighted by atomic mass is 16.5. The third kappa shape index (κ3) is 4.38. The van der Waals surface area contributed by atoms with Crippen LogP contribution in [0.2, 0.25) is 0 Å². The fourth-order valence-corrected chi connectivity index (χ4v) is 2.33. The third-order valence-corrected chi connectivity index (χ3v) is 3.70. The Morgan fingerprint density at radius 2 is 1.50 bits per heavy atom. The topological polar surface area (TPSA) is 66.0 Å². The molecule has 0 aliphatic rings. The number of nitrogens with zero attached hydrogens (tertiary/aromatic N) is 2. The fraction of sp³-hybridized carbons (Fsp3) is 0.200. The maximum atomic E-state index is 9.45. The van der Waals surface area contributed by atoms with Crippen molar-refractivity contribution in [3.05, 3.63) is 65.2 Å². The molecule has 2 rings (SSSR count). The second-order valence-electron chi connectivity index (χ2n) is 5.21. The maximum absolute atomic E-state index is 9.45. The Labute approximate surface area is 142 Å². The Hall–Kier alpha value is -3.24. The summed E-state index contributed by atoms with van der Waals surface area (Å²) in [6.07, 6.45) is 2.17. The van der Waals surface area contributed by atoms with Gasteiger partial charge in [0.15, 0.2) is 0 Å². The van der Waals surface area contributed by atoms with Gasteiger partial charge in [0.1, 0.15) is 11.5 Å². The molecule has 2 aromatic rings. The highest BCUT2D eigenvalue weighted by Crippen LogP contribution is 2.26. The lowest BCUT2D eigenvalue weighted by Gasteiger charge is -2.10. The van der Waals surface area contributed by atoms with Crippen LogP contribution in [-0.4, -0.2) is 14.2 Å². The van der Waals surface area contributed by atoms with Crippen LogP contribution in [-0.2, 0) is 0 Å². The summed E-state index contributed by atoms with van der Waals surface area (Å²) >= 11 is 0. The maximum Gasteiger partial charge on any atom is 0.118 e. The van der Waals surface area contributed by atoms with Gasteiger partial charge in [-0.15, -0.1) is 0 Å². The predicted octanol–water partition coefficient (Wildman–Crippen LogP) is 4.31. The number of nitriles is 2. The standard InChI is InChI=1S/C20H18N2O2/c1-23-19-7-3-15(4-8-19)11-16(13-21)12-18(14-22)17-5-9-20(24-2)10-6-17/h3-11,18H,12H2,1-2H3. The van der Waals surface area contributed by atoms with E-state index in [9.17, 15) is 10.5 Å². The Balaban J connectivity index is 2.18. The predicted molar refractivity (Wildman–Crippen MR) is 92.5 cm³/mol. The lowest BCUT2D eigenvalue weighted by Crippen LogP contribution is -1.98. The smallest absolute Gasteiger partial charge is 0.118 e. The lowest BCUT2D eigenvalue weighted by molar-refractivity contribution is 0.414. The molecule has 0 fully saturated rings. The largest absolute Gasteiger partial charge is 0.497 e. The molecular formula is C20H18N2O2. The van der Waals surface area contributed by atoms with Gasteiger partial charge in [0, 0.05) is 12.0 Å². The van der Waals surface area contributed by atoms with Gasteiger partial charge in [-0.3, -0.25) is 0 Å². The minimum atomic E-state index is -0.375. The molecule has 0 spiro atoms. The Morgan fingerprint density at radius 1 is 0.958 bits per heavy atom. The van der Waals surface area contributed by atoms with Crippen LogP contribution in [0.3, 0.4) is 0 Å². The summed E-state index contributed by atoms with van der Waals surface area (Å²) < 4.78 is 10.2. The van der Waals surface area contributed by atoms with Gasteiger partial charge in [-0.05, 0) is 41.5 Å². The lowest BCUT2D eigenvalue weighted by atomic mass is 9.92. The second-order valence-corrected chi connectivity index (χ2v) is 5.21. The molecule has 120 valence electrons. The van der Waals surface area contributed by atoms with Crippen molar-refractivity contribution < 1.29 is 9.47 Å². The molecule has 4 nitrogen and oxygen atoms in total. The molecule has 0 saturated carbocycles. The van der Waals surface area contributed by atoms with Crippen molar-refractivity contribution in [2.75, 3.05) is 14.2 Å². The van der Waals surface area contributed by atoms with Gasteiger partial charge < -0.3 is 9.47 Å². The van der Waals surface area contributed by atoms with Crippen molar-refractivity contribution in [3.8, 4) is 23.6 Å². The van der Waals surface area contributed by atoms with Crippen molar-refractivity contribution in [1.82, 2.24) is 0 Å². The van der Waals surface area contributed by atoms with Gasteiger partial charge in [-0.25, -0.2) is 0 Å². The number of ether oxygens (including phenoxy) is 2. The fourth-order valence-electron chi connectivity index (χ4n) is 2.33. The number of allylic oxidation sites excluding steroid dienone is 1. The van der Waals surface area contributed by atoms with E-state index in [0.29, 0.717) is 12.0 Å². The first-order chi connectivity index (χ1) is 11.7. The van der Waals surface area contributed by atoms with Crippen LogP contribution in [0.1, 0.15) is 23.5 Å². The summed E-state index contributed by atoms with van der Waals surface area (Å²) in [4.78, 5) is 0. The zero-order valence-corrected chi connectivity index (χ0v) is 13.7. The quantitative estimate of drug-likeness (QED) is 0.744. The van der Waals surface area contributed by atoms with E-state index in [2.05, 4.69) is 12.1 Å². The Kier molecular flexibility index (Phi) is 6.00. The molecule has 0 N–H and O–H groups in total. The molecule has 2 aromatic carbocycles. The molecule has 1 atom stereocenters. The highest BCUT2D eigenvalue weighted by molar-refractivity contribution is 5.58. The molecule has 0 aliphatic heterocycles. The summed E-state index contributed by atoms with van der Waals surface area (Å²) in [6, 6.07) is 19.2. The van der Waals surface area contributed by atoms with E-state index >= 15 is 0 Å². The molecule has 0 bridgehead atoms. The van der Waals surface area contributed by atoms with Crippen molar-refractivity contribution in [1.29, 1.82) is 10.5 Å². The van der Waals surface area contributed by atoms with Crippen LogP contribution in [0.15, 0.2) is 54.1 Å². The van der Waals surface area contributed by atoms with Crippen LogP contribution in [0.25, 0.3) is 6.08 Å². The number of benzene rings is 2. The first-order valence-electron chi connectivity index (χ1n) is 7.48.